The number of aromatic nitrogens is 5. The van der Waals surface area contributed by atoms with E-state index in [4.69, 9.17) is 9.51 Å². The van der Waals surface area contributed by atoms with E-state index in [9.17, 15) is 4.79 Å². The minimum atomic E-state index is 0.334. The number of rotatable bonds is 7. The summed E-state index contributed by atoms with van der Waals surface area (Å²) in [5.41, 5.74) is 4.89. The van der Waals surface area contributed by atoms with Crippen LogP contribution in [0, 0.1) is 12.8 Å². The average molecular weight is 486 g/mol. The van der Waals surface area contributed by atoms with Crippen LogP contribution in [0.15, 0.2) is 41.1 Å². The fourth-order valence-corrected chi connectivity index (χ4v) is 4.98. The number of imidazole rings is 1. The quantitative estimate of drug-likeness (QED) is 0.425. The van der Waals surface area contributed by atoms with Crippen LogP contribution in [0.25, 0.3) is 22.5 Å². The van der Waals surface area contributed by atoms with Crippen LogP contribution in [-0.4, -0.2) is 66.5 Å². The third-order valence-corrected chi connectivity index (χ3v) is 7.20. The summed E-state index contributed by atoms with van der Waals surface area (Å²) < 4.78 is 5.29. The van der Waals surface area contributed by atoms with Crippen LogP contribution in [-0.2, 0) is 17.8 Å². The Bertz CT molecular complexity index is 1390. The van der Waals surface area contributed by atoms with Gasteiger partial charge < -0.3 is 14.4 Å². The number of nitrogens with zero attached hydrogens (tertiary/aromatic N) is 6. The summed E-state index contributed by atoms with van der Waals surface area (Å²) in [5, 5.41) is 3.87. The number of piperazine rings is 1. The molecule has 36 heavy (non-hydrogen) atoms. The van der Waals surface area contributed by atoms with Crippen molar-refractivity contribution in [1.29, 1.82) is 0 Å². The third-order valence-electron chi connectivity index (χ3n) is 7.20. The molecule has 186 valence electrons. The lowest BCUT2D eigenvalue weighted by molar-refractivity contribution is -0.134. The number of aromatic amines is 1. The van der Waals surface area contributed by atoms with Gasteiger partial charge in [-0.25, -0.2) is 4.98 Å². The molecule has 1 saturated heterocycles. The van der Waals surface area contributed by atoms with Gasteiger partial charge in [0.05, 0.1) is 11.0 Å². The number of aryl methyl sites for hydroxylation is 1. The van der Waals surface area contributed by atoms with Gasteiger partial charge in [0, 0.05) is 62.5 Å². The SMILES string of the molecule is Cc1noc(-c2ccc3nc(Cc4cc(CN5CCN(C(=O)CC6CC6)C[C@H]5C)ccn4)[nH]c3c2)n1. The molecule has 1 aromatic carbocycles. The minimum Gasteiger partial charge on any atom is -0.342 e. The van der Waals surface area contributed by atoms with E-state index in [1.54, 1.807) is 6.92 Å². The molecule has 1 N–H and O–H groups in total. The van der Waals surface area contributed by atoms with E-state index < -0.39 is 0 Å². The van der Waals surface area contributed by atoms with Gasteiger partial charge in [0.25, 0.3) is 5.89 Å². The van der Waals surface area contributed by atoms with Crippen LogP contribution in [0.4, 0.5) is 0 Å². The number of H-pyrrole nitrogens is 1. The molecule has 0 spiro atoms. The van der Waals surface area contributed by atoms with Crippen molar-refractivity contribution in [3.8, 4) is 11.5 Å². The van der Waals surface area contributed by atoms with Crippen molar-refractivity contribution < 1.29 is 9.32 Å². The first-order chi connectivity index (χ1) is 17.5. The molecule has 4 heterocycles. The van der Waals surface area contributed by atoms with Gasteiger partial charge in [-0.3, -0.25) is 14.7 Å². The second-order valence-electron chi connectivity index (χ2n) is 10.2. The zero-order chi connectivity index (χ0) is 24.6. The minimum absolute atomic E-state index is 0.334. The molecule has 2 aliphatic rings. The Morgan fingerprint density at radius 2 is 2.06 bits per heavy atom. The molecular weight excluding hydrogens is 454 g/mol. The first kappa shape index (κ1) is 22.8. The number of fused-ring (bicyclic) bond motifs is 1. The Balaban J connectivity index is 1.10. The number of carbonyl (C=O) groups excluding carboxylic acids is 1. The summed E-state index contributed by atoms with van der Waals surface area (Å²) in [4.78, 5) is 34.1. The normalized spacial score (nSPS) is 18.7. The zero-order valence-electron chi connectivity index (χ0n) is 20.8. The molecule has 6 rings (SSSR count). The van der Waals surface area contributed by atoms with Crippen LogP contribution < -0.4 is 0 Å². The topological polar surface area (TPSA) is 104 Å². The number of amides is 1. The van der Waals surface area contributed by atoms with Crippen molar-refractivity contribution in [1.82, 2.24) is 34.9 Å². The van der Waals surface area contributed by atoms with Gasteiger partial charge in [0.2, 0.25) is 5.91 Å². The zero-order valence-corrected chi connectivity index (χ0v) is 20.8. The summed E-state index contributed by atoms with van der Waals surface area (Å²) in [6, 6.07) is 10.5. The number of pyridine rings is 1. The highest BCUT2D eigenvalue weighted by Crippen LogP contribution is 2.33. The summed E-state index contributed by atoms with van der Waals surface area (Å²) in [6.45, 7) is 7.41. The van der Waals surface area contributed by atoms with Crippen molar-refractivity contribution >= 4 is 16.9 Å². The average Bonchev–Trinajstić information content (AvgIpc) is 3.42. The molecule has 1 aliphatic carbocycles. The van der Waals surface area contributed by atoms with Gasteiger partial charge in [0.1, 0.15) is 5.82 Å². The van der Waals surface area contributed by atoms with Crippen LogP contribution in [0.1, 0.15) is 49.1 Å². The van der Waals surface area contributed by atoms with E-state index in [-0.39, 0.29) is 0 Å². The lowest BCUT2D eigenvalue weighted by atomic mass is 10.1. The smallest absolute Gasteiger partial charge is 0.257 e. The first-order valence-electron chi connectivity index (χ1n) is 12.7. The van der Waals surface area contributed by atoms with E-state index >= 15 is 0 Å². The molecule has 1 aliphatic heterocycles. The van der Waals surface area contributed by atoms with Crippen molar-refractivity contribution in [3.05, 3.63) is 59.4 Å². The lowest BCUT2D eigenvalue weighted by Crippen LogP contribution is -2.53. The van der Waals surface area contributed by atoms with Gasteiger partial charge in [-0.1, -0.05) is 5.16 Å². The Labute approximate surface area is 209 Å². The maximum Gasteiger partial charge on any atom is 0.257 e. The Morgan fingerprint density at radius 3 is 2.83 bits per heavy atom. The molecule has 0 unspecified atom stereocenters. The summed E-state index contributed by atoms with van der Waals surface area (Å²) in [7, 11) is 0. The maximum atomic E-state index is 12.5. The molecule has 0 radical (unpaired) electrons. The van der Waals surface area contributed by atoms with E-state index in [0.717, 1.165) is 60.7 Å². The van der Waals surface area contributed by atoms with E-state index in [0.29, 0.717) is 36.0 Å². The van der Waals surface area contributed by atoms with Crippen LogP contribution in [0.3, 0.4) is 0 Å². The highest BCUT2D eigenvalue weighted by Gasteiger charge is 2.31. The Hall–Kier alpha value is -3.59. The van der Waals surface area contributed by atoms with Gasteiger partial charge in [-0.2, -0.15) is 4.98 Å². The summed E-state index contributed by atoms with van der Waals surface area (Å²) in [5.74, 6) is 2.96. The monoisotopic (exact) mass is 485 g/mol. The highest BCUT2D eigenvalue weighted by atomic mass is 16.5. The van der Waals surface area contributed by atoms with Crippen molar-refractivity contribution in [2.45, 2.75) is 52.1 Å². The molecule has 1 atom stereocenters. The standard InChI is InChI=1S/C27H31N7O2/c1-17-15-34(26(35)12-19-3-4-19)10-9-33(17)16-20-7-8-28-22(11-20)14-25-30-23-6-5-21(13-24(23)31-25)27-29-18(2)32-36-27/h5-8,11,13,17,19H,3-4,9-10,12,14-16H2,1-2H3,(H,30,31)/t17-/m1/s1. The number of nitrogens with one attached hydrogen (secondary N) is 1. The van der Waals surface area contributed by atoms with Crippen LogP contribution >= 0.6 is 0 Å². The number of hydrogen-bond acceptors (Lipinski definition) is 7. The van der Waals surface area contributed by atoms with Gasteiger partial charge >= 0.3 is 0 Å². The van der Waals surface area contributed by atoms with E-state index in [1.807, 2.05) is 24.4 Å². The van der Waals surface area contributed by atoms with Gasteiger partial charge in [-0.05, 0) is 68.5 Å². The number of benzene rings is 1. The molecule has 0 bridgehead atoms. The van der Waals surface area contributed by atoms with Crippen molar-refractivity contribution in [2.75, 3.05) is 19.6 Å². The van der Waals surface area contributed by atoms with Crippen molar-refractivity contribution in [2.24, 2.45) is 5.92 Å². The predicted molar refractivity (Wildman–Crippen MR) is 135 cm³/mol. The summed E-state index contributed by atoms with van der Waals surface area (Å²) in [6.07, 6.45) is 5.68. The Morgan fingerprint density at radius 1 is 1.17 bits per heavy atom. The summed E-state index contributed by atoms with van der Waals surface area (Å²) >= 11 is 0. The molecule has 4 aromatic rings. The second-order valence-corrected chi connectivity index (χ2v) is 10.2. The molecule has 9 heteroatoms. The molecule has 1 saturated carbocycles. The van der Waals surface area contributed by atoms with Crippen molar-refractivity contribution in [3.63, 3.8) is 0 Å². The molecule has 3 aromatic heterocycles. The number of carbonyl (C=O) groups is 1. The molecule has 9 nitrogen and oxygen atoms in total. The third kappa shape index (κ3) is 5.02. The van der Waals surface area contributed by atoms with E-state index in [1.165, 1.54) is 18.4 Å². The van der Waals surface area contributed by atoms with E-state index in [2.05, 4.69) is 49.0 Å². The maximum absolute atomic E-state index is 12.5. The molecular formula is C27H31N7O2. The van der Waals surface area contributed by atoms with Crippen LogP contribution in [0.2, 0.25) is 0 Å². The van der Waals surface area contributed by atoms with Crippen LogP contribution in [0.5, 0.6) is 0 Å². The molecule has 1 amide bonds. The number of hydrogen-bond donors (Lipinski definition) is 1. The molecule has 2 fully saturated rings. The fourth-order valence-electron chi connectivity index (χ4n) is 4.98. The lowest BCUT2D eigenvalue weighted by Gasteiger charge is -2.40. The first-order valence-corrected chi connectivity index (χ1v) is 12.7. The highest BCUT2D eigenvalue weighted by molar-refractivity contribution is 5.80. The van der Waals surface area contributed by atoms with Gasteiger partial charge in [-0.15, -0.1) is 0 Å². The Kier molecular flexibility index (Phi) is 6.00. The largest absolute Gasteiger partial charge is 0.342 e. The van der Waals surface area contributed by atoms with Gasteiger partial charge in [0.15, 0.2) is 5.82 Å². The fraction of sp³-hybridized carbons (Fsp3) is 0.444. The second kappa shape index (κ2) is 9.46. The predicted octanol–water partition coefficient (Wildman–Crippen LogP) is 3.74.